The molecule has 2 rings (SSSR count). The highest BCUT2D eigenvalue weighted by atomic mass is 19.1. The lowest BCUT2D eigenvalue weighted by Crippen LogP contribution is -2.30. The lowest BCUT2D eigenvalue weighted by molar-refractivity contribution is 0.298. The van der Waals surface area contributed by atoms with Crippen LogP contribution in [-0.4, -0.2) is 28.0 Å². The number of aromatic nitrogens is 2. The van der Waals surface area contributed by atoms with Gasteiger partial charge in [-0.15, -0.1) is 0 Å². The van der Waals surface area contributed by atoms with Gasteiger partial charge in [0.25, 0.3) is 5.56 Å². The number of hydrogen-bond acceptors (Lipinski definition) is 4. The fourth-order valence-electron chi connectivity index (χ4n) is 2.30. The summed E-state index contributed by atoms with van der Waals surface area (Å²) in [5.41, 5.74) is 1.20. The molecule has 0 aliphatic heterocycles. The zero-order chi connectivity index (χ0) is 15.6. The van der Waals surface area contributed by atoms with Gasteiger partial charge in [-0.3, -0.25) is 9.69 Å². The van der Waals surface area contributed by atoms with Gasteiger partial charge in [0.2, 0.25) is 0 Å². The van der Waals surface area contributed by atoms with Crippen molar-refractivity contribution in [2.24, 2.45) is 13.0 Å². The third-order valence-electron chi connectivity index (χ3n) is 3.33. The molecule has 0 saturated carbocycles. The molecule has 6 heteroatoms. The molecule has 0 spiro atoms. The molecule has 0 unspecified atom stereocenters. The van der Waals surface area contributed by atoms with E-state index in [1.807, 2.05) is 18.9 Å². The van der Waals surface area contributed by atoms with Gasteiger partial charge >= 0.3 is 0 Å². The van der Waals surface area contributed by atoms with E-state index in [1.165, 1.54) is 16.7 Å². The van der Waals surface area contributed by atoms with Gasteiger partial charge in [-0.1, -0.05) is 0 Å². The average Bonchev–Trinajstić information content (AvgIpc) is 2.44. The molecule has 0 aliphatic rings. The van der Waals surface area contributed by atoms with E-state index in [0.717, 1.165) is 0 Å². The molecule has 0 radical (unpaired) electrons. The summed E-state index contributed by atoms with van der Waals surface area (Å²) >= 11 is 0. The highest BCUT2D eigenvalue weighted by Gasteiger charge is 2.13. The molecule has 0 aliphatic carbocycles. The van der Waals surface area contributed by atoms with E-state index < -0.39 is 0 Å². The first-order chi connectivity index (χ1) is 9.92. The summed E-state index contributed by atoms with van der Waals surface area (Å²) in [5.74, 6) is -0.511. The number of benzene rings is 1. The van der Waals surface area contributed by atoms with Crippen LogP contribution in [0.4, 0.5) is 4.39 Å². The Bertz CT molecular complexity index is 763. The molecule has 0 bridgehead atoms. The standard InChI is InChI=1S/C15H17FN4O/c1-10(7-17)8-19(2)9-13-15(21)20(3)14-5-4-11(16)6-12(14)18-13/h4-6,10H,8-9H2,1-3H3/t10-/m0/s1. The summed E-state index contributed by atoms with van der Waals surface area (Å²) in [5, 5.41) is 8.82. The molecule has 0 saturated heterocycles. The van der Waals surface area contributed by atoms with Crippen molar-refractivity contribution in [2.75, 3.05) is 13.6 Å². The summed E-state index contributed by atoms with van der Waals surface area (Å²) in [4.78, 5) is 18.4. The summed E-state index contributed by atoms with van der Waals surface area (Å²) in [7, 11) is 3.47. The number of nitriles is 1. The fourth-order valence-corrected chi connectivity index (χ4v) is 2.30. The van der Waals surface area contributed by atoms with Gasteiger partial charge < -0.3 is 4.57 Å². The third kappa shape index (κ3) is 3.26. The predicted octanol–water partition coefficient (Wildman–Crippen LogP) is 1.66. The molecular weight excluding hydrogens is 271 g/mol. The van der Waals surface area contributed by atoms with Gasteiger partial charge in [-0.05, 0) is 26.1 Å². The Labute approximate surface area is 122 Å². The minimum atomic E-state index is -0.383. The van der Waals surface area contributed by atoms with Crippen LogP contribution >= 0.6 is 0 Å². The van der Waals surface area contributed by atoms with Gasteiger partial charge in [0.1, 0.15) is 11.5 Å². The SMILES string of the molecule is C[C@@H](C#N)CN(C)Cc1nc2cc(F)ccc2n(C)c1=O. The monoisotopic (exact) mass is 288 g/mol. The van der Waals surface area contributed by atoms with E-state index in [-0.39, 0.29) is 17.3 Å². The molecule has 1 atom stereocenters. The zero-order valence-corrected chi connectivity index (χ0v) is 12.3. The highest BCUT2D eigenvalue weighted by Crippen LogP contribution is 2.12. The Hall–Kier alpha value is -2.26. The minimum Gasteiger partial charge on any atom is -0.308 e. The fraction of sp³-hybridized carbons (Fsp3) is 0.400. The molecule has 0 N–H and O–H groups in total. The third-order valence-corrected chi connectivity index (χ3v) is 3.33. The highest BCUT2D eigenvalue weighted by molar-refractivity contribution is 5.74. The summed E-state index contributed by atoms with van der Waals surface area (Å²) in [6.45, 7) is 2.69. The van der Waals surface area contributed by atoms with E-state index in [2.05, 4.69) is 11.1 Å². The first-order valence-electron chi connectivity index (χ1n) is 6.65. The van der Waals surface area contributed by atoms with Gasteiger partial charge in [0.15, 0.2) is 0 Å². The van der Waals surface area contributed by atoms with Crippen LogP contribution in [0.1, 0.15) is 12.6 Å². The van der Waals surface area contributed by atoms with Gasteiger partial charge in [0.05, 0.1) is 23.0 Å². The van der Waals surface area contributed by atoms with Crippen molar-refractivity contribution < 1.29 is 4.39 Å². The van der Waals surface area contributed by atoms with Crippen molar-refractivity contribution in [2.45, 2.75) is 13.5 Å². The van der Waals surface area contributed by atoms with E-state index in [1.54, 1.807) is 13.1 Å². The maximum absolute atomic E-state index is 13.3. The first-order valence-corrected chi connectivity index (χ1v) is 6.65. The first kappa shape index (κ1) is 15.1. The van der Waals surface area contributed by atoms with Crippen LogP contribution in [0, 0.1) is 23.1 Å². The molecule has 21 heavy (non-hydrogen) atoms. The molecule has 2 aromatic rings. The van der Waals surface area contributed by atoms with E-state index in [9.17, 15) is 9.18 Å². The largest absolute Gasteiger partial charge is 0.308 e. The van der Waals surface area contributed by atoms with Gasteiger partial charge in [0, 0.05) is 26.2 Å². The molecular formula is C15H17FN4O. The Balaban J connectivity index is 2.38. The summed E-state index contributed by atoms with van der Waals surface area (Å²) < 4.78 is 14.8. The van der Waals surface area contributed by atoms with Crippen LogP contribution in [0.15, 0.2) is 23.0 Å². The Morgan fingerprint density at radius 1 is 1.52 bits per heavy atom. The van der Waals surface area contributed by atoms with E-state index in [0.29, 0.717) is 29.8 Å². The quantitative estimate of drug-likeness (QED) is 0.858. The van der Waals surface area contributed by atoms with E-state index >= 15 is 0 Å². The number of nitrogens with zero attached hydrogens (tertiary/aromatic N) is 4. The second kappa shape index (κ2) is 6.02. The van der Waals surface area contributed by atoms with Crippen LogP contribution in [0.25, 0.3) is 11.0 Å². The van der Waals surface area contributed by atoms with Crippen molar-refractivity contribution in [1.29, 1.82) is 5.26 Å². The van der Waals surface area contributed by atoms with Crippen LogP contribution < -0.4 is 5.56 Å². The Kier molecular flexibility index (Phi) is 4.34. The normalized spacial score (nSPS) is 12.6. The smallest absolute Gasteiger partial charge is 0.273 e. The second-order valence-electron chi connectivity index (χ2n) is 5.28. The van der Waals surface area contributed by atoms with Crippen LogP contribution in [0.3, 0.4) is 0 Å². The maximum Gasteiger partial charge on any atom is 0.273 e. The summed E-state index contributed by atoms with van der Waals surface area (Å²) in [6.07, 6.45) is 0. The van der Waals surface area contributed by atoms with Crippen molar-refractivity contribution in [3.8, 4) is 6.07 Å². The molecule has 1 aromatic carbocycles. The Morgan fingerprint density at radius 2 is 2.24 bits per heavy atom. The molecule has 1 heterocycles. The number of hydrogen-bond donors (Lipinski definition) is 0. The second-order valence-corrected chi connectivity index (χ2v) is 5.28. The van der Waals surface area contributed by atoms with Crippen LogP contribution in [0.2, 0.25) is 0 Å². The summed E-state index contributed by atoms with van der Waals surface area (Å²) in [6, 6.07) is 6.32. The minimum absolute atomic E-state index is 0.128. The molecule has 0 fully saturated rings. The lowest BCUT2D eigenvalue weighted by atomic mass is 10.2. The van der Waals surface area contributed by atoms with Gasteiger partial charge in [-0.25, -0.2) is 9.37 Å². The molecule has 1 aromatic heterocycles. The number of fused-ring (bicyclic) bond motifs is 1. The number of halogens is 1. The van der Waals surface area contributed by atoms with Gasteiger partial charge in [-0.2, -0.15) is 5.26 Å². The zero-order valence-electron chi connectivity index (χ0n) is 12.3. The Morgan fingerprint density at radius 3 is 2.90 bits per heavy atom. The van der Waals surface area contributed by atoms with Crippen molar-refractivity contribution >= 4 is 11.0 Å². The van der Waals surface area contributed by atoms with Crippen molar-refractivity contribution in [3.63, 3.8) is 0 Å². The lowest BCUT2D eigenvalue weighted by Gasteiger charge is -2.17. The molecule has 0 amide bonds. The average molecular weight is 288 g/mol. The maximum atomic E-state index is 13.3. The van der Waals surface area contributed by atoms with Crippen molar-refractivity contribution in [3.05, 3.63) is 40.1 Å². The molecule has 110 valence electrons. The molecule has 5 nitrogen and oxygen atoms in total. The number of aryl methyl sites for hydroxylation is 1. The number of rotatable bonds is 4. The van der Waals surface area contributed by atoms with E-state index in [4.69, 9.17) is 5.26 Å². The van der Waals surface area contributed by atoms with Crippen LogP contribution in [-0.2, 0) is 13.6 Å². The van der Waals surface area contributed by atoms with Crippen LogP contribution in [0.5, 0.6) is 0 Å². The van der Waals surface area contributed by atoms with Crippen molar-refractivity contribution in [1.82, 2.24) is 14.5 Å². The predicted molar refractivity (Wildman–Crippen MR) is 78.1 cm³/mol. The topological polar surface area (TPSA) is 61.9 Å².